The molecule has 0 spiro atoms. The number of non-ortho nitro benzene ring substituents is 1. The van der Waals surface area contributed by atoms with Crippen molar-refractivity contribution in [3.63, 3.8) is 0 Å². The van der Waals surface area contributed by atoms with Gasteiger partial charge in [0.2, 0.25) is 17.8 Å². The number of nitro benzene ring substituents is 1. The number of hydrazone groups is 1. The molecule has 0 atom stereocenters. The first-order chi connectivity index (χ1) is 16.6. The Labute approximate surface area is 193 Å². The van der Waals surface area contributed by atoms with Crippen LogP contribution in [-0.2, 0) is 6.54 Å². The summed E-state index contributed by atoms with van der Waals surface area (Å²) in [6.07, 6.45) is 3.08. The number of hydrogen-bond donors (Lipinski definition) is 3. The molecule has 12 nitrogen and oxygen atoms in total. The molecule has 12 heteroatoms. The predicted octanol–water partition coefficient (Wildman–Crippen LogP) is 4.18. The van der Waals surface area contributed by atoms with Gasteiger partial charge in [0, 0.05) is 17.8 Å². The highest BCUT2D eigenvalue weighted by atomic mass is 16.6. The van der Waals surface area contributed by atoms with E-state index in [9.17, 15) is 10.1 Å². The second-order valence-electron chi connectivity index (χ2n) is 6.81. The summed E-state index contributed by atoms with van der Waals surface area (Å²) in [5.41, 5.74) is 4.18. The van der Waals surface area contributed by atoms with E-state index in [-0.39, 0.29) is 17.6 Å². The van der Waals surface area contributed by atoms with Crippen LogP contribution in [0.5, 0.6) is 5.75 Å². The van der Waals surface area contributed by atoms with Crippen LogP contribution < -0.4 is 20.8 Å². The lowest BCUT2D eigenvalue weighted by atomic mass is 10.2. The highest BCUT2D eigenvalue weighted by molar-refractivity contribution is 5.80. The minimum Gasteiger partial charge on any atom is -0.497 e. The average molecular weight is 460 g/mol. The third-order valence-corrected chi connectivity index (χ3v) is 4.46. The molecule has 0 saturated carbocycles. The number of nitro groups is 1. The van der Waals surface area contributed by atoms with Crippen LogP contribution in [0.25, 0.3) is 0 Å². The molecule has 4 rings (SSSR count). The van der Waals surface area contributed by atoms with Crippen molar-refractivity contribution in [2.24, 2.45) is 5.10 Å². The van der Waals surface area contributed by atoms with Gasteiger partial charge in [0.25, 0.3) is 5.69 Å². The number of methoxy groups -OCH3 is 1. The molecule has 4 aromatic rings. The van der Waals surface area contributed by atoms with Gasteiger partial charge in [-0.05, 0) is 54.1 Å². The number of aromatic nitrogens is 3. The average Bonchev–Trinajstić information content (AvgIpc) is 3.37. The number of anilines is 4. The van der Waals surface area contributed by atoms with Gasteiger partial charge in [-0.25, -0.2) is 5.43 Å². The summed E-state index contributed by atoms with van der Waals surface area (Å²) in [4.78, 5) is 23.4. The summed E-state index contributed by atoms with van der Waals surface area (Å²) in [6.45, 7) is 0.379. The Morgan fingerprint density at radius 1 is 1.03 bits per heavy atom. The van der Waals surface area contributed by atoms with Crippen molar-refractivity contribution in [2.75, 3.05) is 23.2 Å². The molecule has 0 aliphatic carbocycles. The Balaban J connectivity index is 1.50. The molecule has 172 valence electrons. The monoisotopic (exact) mass is 460 g/mol. The van der Waals surface area contributed by atoms with Crippen LogP contribution in [0.3, 0.4) is 0 Å². The van der Waals surface area contributed by atoms with Crippen LogP contribution in [0.2, 0.25) is 0 Å². The van der Waals surface area contributed by atoms with Gasteiger partial charge in [-0.3, -0.25) is 10.1 Å². The largest absolute Gasteiger partial charge is 0.497 e. The number of nitrogens with zero attached hydrogens (tertiary/aromatic N) is 5. The lowest BCUT2D eigenvalue weighted by molar-refractivity contribution is -0.384. The first-order valence-corrected chi connectivity index (χ1v) is 10.1. The molecule has 0 unspecified atom stereocenters. The van der Waals surface area contributed by atoms with Crippen LogP contribution in [0.15, 0.2) is 76.4 Å². The predicted molar refractivity (Wildman–Crippen MR) is 126 cm³/mol. The first-order valence-electron chi connectivity index (χ1n) is 10.1. The minimum atomic E-state index is -0.460. The van der Waals surface area contributed by atoms with Gasteiger partial charge < -0.3 is 19.8 Å². The maximum Gasteiger partial charge on any atom is 0.269 e. The van der Waals surface area contributed by atoms with E-state index in [1.54, 1.807) is 31.6 Å². The van der Waals surface area contributed by atoms with Crippen molar-refractivity contribution in [1.82, 2.24) is 15.0 Å². The Bertz CT molecular complexity index is 1260. The van der Waals surface area contributed by atoms with Gasteiger partial charge >= 0.3 is 0 Å². The van der Waals surface area contributed by atoms with E-state index in [1.165, 1.54) is 18.3 Å². The van der Waals surface area contributed by atoms with Crippen molar-refractivity contribution in [2.45, 2.75) is 6.54 Å². The van der Waals surface area contributed by atoms with Crippen LogP contribution >= 0.6 is 0 Å². The fourth-order valence-electron chi connectivity index (χ4n) is 2.79. The van der Waals surface area contributed by atoms with Crippen molar-refractivity contribution in [3.8, 4) is 5.75 Å². The molecule has 0 aliphatic heterocycles. The molecule has 2 aromatic carbocycles. The maximum atomic E-state index is 10.8. The first kappa shape index (κ1) is 22.2. The van der Waals surface area contributed by atoms with Gasteiger partial charge in [-0.2, -0.15) is 20.1 Å². The molecular formula is C22H20N8O4. The molecular weight excluding hydrogens is 440 g/mol. The highest BCUT2D eigenvalue weighted by Gasteiger charge is 2.08. The van der Waals surface area contributed by atoms with E-state index in [1.807, 2.05) is 30.3 Å². The van der Waals surface area contributed by atoms with E-state index in [2.05, 4.69) is 36.1 Å². The van der Waals surface area contributed by atoms with Crippen molar-refractivity contribution in [1.29, 1.82) is 0 Å². The SMILES string of the molecule is COc1ccc(Nc2nc(NCc3ccco3)nc(N/N=C\c3ccc([N+](=O)[O-])cc3)n2)cc1. The van der Waals surface area contributed by atoms with Gasteiger partial charge in [-0.15, -0.1) is 0 Å². The lowest BCUT2D eigenvalue weighted by Gasteiger charge is -2.10. The molecule has 0 fully saturated rings. The Kier molecular flexibility index (Phi) is 6.89. The molecule has 0 bridgehead atoms. The number of hydrogen-bond acceptors (Lipinski definition) is 11. The number of ether oxygens (including phenoxy) is 1. The smallest absolute Gasteiger partial charge is 0.269 e. The topological polar surface area (TPSA) is 153 Å². The van der Waals surface area contributed by atoms with Crippen LogP contribution in [0.4, 0.5) is 29.2 Å². The van der Waals surface area contributed by atoms with Gasteiger partial charge in [0.1, 0.15) is 11.5 Å². The van der Waals surface area contributed by atoms with Gasteiger partial charge in [0.15, 0.2) is 0 Å². The number of nitrogens with one attached hydrogen (secondary N) is 3. The van der Waals surface area contributed by atoms with Crippen LogP contribution in [-0.4, -0.2) is 33.2 Å². The van der Waals surface area contributed by atoms with Crippen molar-refractivity contribution < 1.29 is 14.1 Å². The summed E-state index contributed by atoms with van der Waals surface area (Å²) in [5, 5.41) is 21.1. The Morgan fingerprint density at radius 3 is 2.44 bits per heavy atom. The molecule has 0 radical (unpaired) electrons. The van der Waals surface area contributed by atoms with Gasteiger partial charge in [0.05, 0.1) is 31.1 Å². The third-order valence-electron chi connectivity index (χ3n) is 4.46. The fraction of sp³-hybridized carbons (Fsp3) is 0.0909. The summed E-state index contributed by atoms with van der Waals surface area (Å²) in [5.74, 6) is 2.22. The van der Waals surface area contributed by atoms with E-state index >= 15 is 0 Å². The zero-order chi connectivity index (χ0) is 23.8. The van der Waals surface area contributed by atoms with E-state index in [0.29, 0.717) is 18.1 Å². The molecule has 2 aromatic heterocycles. The summed E-state index contributed by atoms with van der Waals surface area (Å²) in [7, 11) is 1.60. The molecule has 0 saturated heterocycles. The number of benzene rings is 2. The second kappa shape index (κ2) is 10.5. The third kappa shape index (κ3) is 6.03. The highest BCUT2D eigenvalue weighted by Crippen LogP contribution is 2.19. The molecule has 2 heterocycles. The fourth-order valence-corrected chi connectivity index (χ4v) is 2.79. The summed E-state index contributed by atoms with van der Waals surface area (Å²) < 4.78 is 10.5. The van der Waals surface area contributed by atoms with E-state index < -0.39 is 4.92 Å². The van der Waals surface area contributed by atoms with Crippen LogP contribution in [0.1, 0.15) is 11.3 Å². The van der Waals surface area contributed by atoms with Crippen molar-refractivity contribution in [3.05, 3.63) is 88.4 Å². The Morgan fingerprint density at radius 2 is 1.76 bits per heavy atom. The van der Waals surface area contributed by atoms with E-state index in [0.717, 1.165) is 17.2 Å². The molecule has 34 heavy (non-hydrogen) atoms. The summed E-state index contributed by atoms with van der Waals surface area (Å²) >= 11 is 0. The van der Waals surface area contributed by atoms with Crippen molar-refractivity contribution >= 4 is 35.4 Å². The quantitative estimate of drug-likeness (QED) is 0.178. The minimum absolute atomic E-state index is 0.00379. The standard InChI is InChI=1S/C22H20N8O4/c1-33-18-10-6-16(7-11-18)25-21-26-20(23-14-19-3-2-12-34-19)27-22(28-21)29-24-13-15-4-8-17(9-5-15)30(31)32/h2-13H,14H2,1H3,(H3,23,25,26,27,28,29)/b24-13-. The van der Waals surface area contributed by atoms with Gasteiger partial charge in [-0.1, -0.05) is 0 Å². The lowest BCUT2D eigenvalue weighted by Crippen LogP contribution is -2.09. The van der Waals surface area contributed by atoms with Crippen LogP contribution in [0, 0.1) is 10.1 Å². The zero-order valence-electron chi connectivity index (χ0n) is 18.0. The number of furan rings is 1. The maximum absolute atomic E-state index is 10.8. The normalized spacial score (nSPS) is 10.7. The molecule has 0 amide bonds. The Hall–Kier alpha value is -5.00. The summed E-state index contributed by atoms with van der Waals surface area (Å²) in [6, 6.07) is 16.9. The zero-order valence-corrected chi connectivity index (χ0v) is 18.0. The molecule has 3 N–H and O–H groups in total. The second-order valence-corrected chi connectivity index (χ2v) is 6.81. The number of rotatable bonds is 10. The van der Waals surface area contributed by atoms with E-state index in [4.69, 9.17) is 9.15 Å². The molecule has 0 aliphatic rings.